The number of anilines is 1. The molecule has 0 fully saturated rings. The van der Waals surface area contributed by atoms with Crippen LogP contribution in [0, 0.1) is 5.92 Å². The Labute approximate surface area is 111 Å². The Bertz CT molecular complexity index is 437. The number of hydrogen-bond acceptors (Lipinski definition) is 4. The van der Waals surface area contributed by atoms with E-state index in [0.717, 1.165) is 23.2 Å². The van der Waals surface area contributed by atoms with E-state index in [1.54, 1.807) is 18.9 Å². The number of nitrogens with one attached hydrogen (secondary N) is 1. The van der Waals surface area contributed by atoms with Crippen LogP contribution in [0.3, 0.4) is 0 Å². The van der Waals surface area contributed by atoms with Crippen LogP contribution in [0.5, 0.6) is 5.75 Å². The van der Waals surface area contributed by atoms with Crippen LogP contribution in [0.15, 0.2) is 23.2 Å². The Balaban J connectivity index is 2.06. The molecule has 1 aromatic carbocycles. The zero-order valence-corrected chi connectivity index (χ0v) is 11.4. The molecular weight excluding hydrogens is 256 g/mol. The van der Waals surface area contributed by atoms with Crippen LogP contribution in [0.4, 0.5) is 5.69 Å². The highest BCUT2D eigenvalue weighted by Gasteiger charge is 2.12. The van der Waals surface area contributed by atoms with E-state index in [4.69, 9.17) is 16.3 Å². The minimum atomic E-state index is 0.604. The highest BCUT2D eigenvalue weighted by Crippen LogP contribution is 2.28. The van der Waals surface area contributed by atoms with Gasteiger partial charge in [-0.1, -0.05) is 30.3 Å². The maximum absolute atomic E-state index is 6.06. The number of methoxy groups -OCH3 is 1. The average Bonchev–Trinajstić information content (AvgIpc) is 2.32. The van der Waals surface area contributed by atoms with E-state index >= 15 is 0 Å². The van der Waals surface area contributed by atoms with Crippen LogP contribution in [0.25, 0.3) is 0 Å². The Hall–Kier alpha value is -0.870. The Morgan fingerprint density at radius 3 is 2.94 bits per heavy atom. The second-order valence-corrected chi connectivity index (χ2v) is 5.45. The smallest absolute Gasteiger partial charge is 0.161 e. The van der Waals surface area contributed by atoms with E-state index in [1.165, 1.54) is 0 Å². The lowest BCUT2D eigenvalue weighted by molar-refractivity contribution is 0.415. The zero-order chi connectivity index (χ0) is 12.3. The standard InChI is InChI=1S/C12H15ClN2OS/c1-8-6-14-12(17-7-8)15-9-3-4-11(16-2)10(13)5-9/h3-5,8H,6-7H2,1-2H3,(H,14,15). The molecule has 1 aromatic rings. The predicted octanol–water partition coefficient (Wildman–Crippen LogP) is 3.50. The van der Waals surface area contributed by atoms with Crippen molar-refractivity contribution in [2.24, 2.45) is 10.9 Å². The summed E-state index contributed by atoms with van der Waals surface area (Å²) in [6, 6.07) is 5.63. The second-order valence-electron chi connectivity index (χ2n) is 4.04. The maximum atomic E-state index is 6.06. The molecule has 1 N–H and O–H groups in total. The molecule has 0 spiro atoms. The van der Waals surface area contributed by atoms with Crippen molar-refractivity contribution < 1.29 is 4.74 Å². The summed E-state index contributed by atoms with van der Waals surface area (Å²) >= 11 is 7.81. The third kappa shape index (κ3) is 3.30. The van der Waals surface area contributed by atoms with Crippen LogP contribution < -0.4 is 10.1 Å². The van der Waals surface area contributed by atoms with Gasteiger partial charge in [0.25, 0.3) is 0 Å². The first kappa shape index (κ1) is 12.6. The van der Waals surface area contributed by atoms with Gasteiger partial charge in [-0.3, -0.25) is 4.99 Å². The lowest BCUT2D eigenvalue weighted by atomic mass is 10.2. The van der Waals surface area contributed by atoms with Gasteiger partial charge in [-0.25, -0.2) is 0 Å². The van der Waals surface area contributed by atoms with Gasteiger partial charge in [-0.2, -0.15) is 0 Å². The van der Waals surface area contributed by atoms with Gasteiger partial charge in [-0.15, -0.1) is 0 Å². The van der Waals surface area contributed by atoms with Crippen molar-refractivity contribution in [3.63, 3.8) is 0 Å². The molecule has 0 aromatic heterocycles. The molecule has 0 aliphatic carbocycles. The molecule has 0 bridgehead atoms. The first-order valence-corrected chi connectivity index (χ1v) is 6.83. The fourth-order valence-corrected chi connectivity index (χ4v) is 2.66. The van der Waals surface area contributed by atoms with Crippen LogP contribution in [0.1, 0.15) is 6.92 Å². The minimum Gasteiger partial charge on any atom is -0.495 e. The minimum absolute atomic E-state index is 0.604. The van der Waals surface area contributed by atoms with E-state index in [1.807, 2.05) is 18.2 Å². The van der Waals surface area contributed by atoms with E-state index < -0.39 is 0 Å². The van der Waals surface area contributed by atoms with E-state index in [0.29, 0.717) is 16.7 Å². The van der Waals surface area contributed by atoms with Crippen molar-refractivity contribution in [3.05, 3.63) is 23.2 Å². The van der Waals surface area contributed by atoms with E-state index in [9.17, 15) is 0 Å². The summed E-state index contributed by atoms with van der Waals surface area (Å²) in [4.78, 5) is 4.47. The number of benzene rings is 1. The van der Waals surface area contributed by atoms with Gasteiger partial charge in [-0.05, 0) is 24.1 Å². The topological polar surface area (TPSA) is 33.6 Å². The summed E-state index contributed by atoms with van der Waals surface area (Å²) in [6.07, 6.45) is 0. The van der Waals surface area contributed by atoms with Crippen LogP contribution >= 0.6 is 23.4 Å². The predicted molar refractivity (Wildman–Crippen MR) is 75.6 cm³/mol. The van der Waals surface area contributed by atoms with Crippen molar-refractivity contribution in [1.29, 1.82) is 0 Å². The quantitative estimate of drug-likeness (QED) is 0.893. The van der Waals surface area contributed by atoms with E-state index in [2.05, 4.69) is 17.2 Å². The number of thioether (sulfide) groups is 1. The summed E-state index contributed by atoms with van der Waals surface area (Å²) in [6.45, 7) is 3.09. The number of hydrogen-bond donors (Lipinski definition) is 1. The fraction of sp³-hybridized carbons (Fsp3) is 0.417. The van der Waals surface area contributed by atoms with Gasteiger partial charge in [0.1, 0.15) is 5.75 Å². The summed E-state index contributed by atoms with van der Waals surface area (Å²) in [7, 11) is 1.61. The molecule has 0 amide bonds. The Morgan fingerprint density at radius 1 is 1.53 bits per heavy atom. The maximum Gasteiger partial charge on any atom is 0.161 e. The molecule has 92 valence electrons. The van der Waals surface area contributed by atoms with Crippen LogP contribution in [-0.2, 0) is 0 Å². The Kier molecular flexibility index (Phi) is 4.18. The molecule has 1 atom stereocenters. The number of nitrogens with zero attached hydrogens (tertiary/aromatic N) is 1. The largest absolute Gasteiger partial charge is 0.495 e. The molecular formula is C12H15ClN2OS. The van der Waals surface area contributed by atoms with Crippen molar-refractivity contribution in [2.45, 2.75) is 6.92 Å². The van der Waals surface area contributed by atoms with Gasteiger partial charge < -0.3 is 10.1 Å². The molecule has 1 aliphatic heterocycles. The molecule has 3 nitrogen and oxygen atoms in total. The average molecular weight is 271 g/mol. The van der Waals surface area contributed by atoms with Gasteiger partial charge in [0.15, 0.2) is 5.17 Å². The van der Waals surface area contributed by atoms with Crippen molar-refractivity contribution in [1.82, 2.24) is 0 Å². The van der Waals surface area contributed by atoms with Crippen molar-refractivity contribution in [2.75, 3.05) is 24.7 Å². The normalized spacial score (nSPS) is 19.7. The molecule has 0 radical (unpaired) electrons. The van der Waals surface area contributed by atoms with Crippen molar-refractivity contribution in [3.8, 4) is 5.75 Å². The molecule has 0 saturated heterocycles. The third-order valence-corrected chi connectivity index (χ3v) is 3.99. The van der Waals surface area contributed by atoms with Gasteiger partial charge in [0.2, 0.25) is 0 Å². The third-order valence-electron chi connectivity index (χ3n) is 2.45. The first-order chi connectivity index (χ1) is 8.19. The second kappa shape index (κ2) is 5.65. The molecule has 1 unspecified atom stereocenters. The SMILES string of the molecule is COc1ccc(NC2=NCC(C)CS2)cc1Cl. The number of amidine groups is 1. The van der Waals surface area contributed by atoms with Crippen molar-refractivity contribution >= 4 is 34.2 Å². The lowest BCUT2D eigenvalue weighted by Crippen LogP contribution is -2.18. The summed E-state index contributed by atoms with van der Waals surface area (Å²) in [5.74, 6) is 2.45. The molecule has 5 heteroatoms. The van der Waals surface area contributed by atoms with Gasteiger partial charge >= 0.3 is 0 Å². The molecule has 17 heavy (non-hydrogen) atoms. The molecule has 1 heterocycles. The number of ether oxygens (including phenoxy) is 1. The fourth-order valence-electron chi connectivity index (χ4n) is 1.50. The summed E-state index contributed by atoms with van der Waals surface area (Å²) < 4.78 is 5.11. The number of aliphatic imine (C=N–C) groups is 1. The first-order valence-electron chi connectivity index (χ1n) is 5.47. The molecule has 1 aliphatic rings. The lowest BCUT2D eigenvalue weighted by Gasteiger charge is -2.18. The summed E-state index contributed by atoms with van der Waals surface area (Å²) in [5, 5.41) is 4.83. The van der Waals surface area contributed by atoms with Gasteiger partial charge in [0, 0.05) is 18.0 Å². The summed E-state index contributed by atoms with van der Waals surface area (Å²) in [5.41, 5.74) is 0.941. The highest BCUT2D eigenvalue weighted by molar-refractivity contribution is 8.14. The number of rotatable bonds is 2. The monoisotopic (exact) mass is 270 g/mol. The van der Waals surface area contributed by atoms with E-state index in [-0.39, 0.29) is 0 Å². The van der Waals surface area contributed by atoms with Crippen LogP contribution in [-0.4, -0.2) is 24.6 Å². The molecule has 2 rings (SSSR count). The van der Waals surface area contributed by atoms with Gasteiger partial charge in [0.05, 0.1) is 12.1 Å². The van der Waals surface area contributed by atoms with Crippen LogP contribution in [0.2, 0.25) is 5.02 Å². The highest BCUT2D eigenvalue weighted by atomic mass is 35.5. The zero-order valence-electron chi connectivity index (χ0n) is 9.87. The Morgan fingerprint density at radius 2 is 2.35 bits per heavy atom. The number of halogens is 1. The molecule has 0 saturated carbocycles.